The molecule has 2 aromatic rings. The number of halogens is 1. The molecule has 0 aliphatic heterocycles. The van der Waals surface area contributed by atoms with Crippen molar-refractivity contribution >= 4 is 29.0 Å². The van der Waals surface area contributed by atoms with Gasteiger partial charge in [-0.15, -0.1) is 0 Å². The van der Waals surface area contributed by atoms with E-state index in [1.165, 1.54) is 12.3 Å². The summed E-state index contributed by atoms with van der Waals surface area (Å²) in [6.45, 7) is 3.90. The molecule has 0 saturated carbocycles. The third-order valence-corrected chi connectivity index (χ3v) is 2.91. The number of benzene rings is 1. The average Bonchev–Trinajstić information content (AvgIpc) is 2.43. The van der Waals surface area contributed by atoms with Gasteiger partial charge in [-0.2, -0.15) is 0 Å². The van der Waals surface area contributed by atoms with Crippen LogP contribution in [0.4, 0.5) is 11.5 Å². The van der Waals surface area contributed by atoms with Gasteiger partial charge in [-0.05, 0) is 44.2 Å². The topological polar surface area (TPSA) is 77.2 Å². The first kappa shape index (κ1) is 15.1. The first-order chi connectivity index (χ1) is 9.95. The van der Waals surface area contributed by atoms with Gasteiger partial charge >= 0.3 is 0 Å². The number of nitrogens with one attached hydrogen (secondary N) is 1. The fourth-order valence-corrected chi connectivity index (χ4v) is 1.91. The molecule has 0 radical (unpaired) electrons. The minimum absolute atomic E-state index is 0.101. The van der Waals surface area contributed by atoms with Crippen molar-refractivity contribution < 1.29 is 9.53 Å². The van der Waals surface area contributed by atoms with Gasteiger partial charge in [-0.25, -0.2) is 4.98 Å². The van der Waals surface area contributed by atoms with E-state index in [0.717, 1.165) is 5.75 Å². The van der Waals surface area contributed by atoms with Gasteiger partial charge in [0.25, 0.3) is 5.91 Å². The summed E-state index contributed by atoms with van der Waals surface area (Å²) in [6, 6.07) is 8.53. The Bertz CT molecular complexity index is 642. The molecular weight excluding hydrogens is 290 g/mol. The molecule has 21 heavy (non-hydrogen) atoms. The molecule has 0 atom stereocenters. The number of aromatic nitrogens is 1. The van der Waals surface area contributed by atoms with Crippen molar-refractivity contribution in [3.63, 3.8) is 0 Å². The minimum atomic E-state index is -0.341. The number of anilines is 2. The molecule has 5 nitrogen and oxygen atoms in total. The van der Waals surface area contributed by atoms with E-state index in [0.29, 0.717) is 5.69 Å². The molecule has 1 amide bonds. The molecule has 2 rings (SSSR count). The second kappa shape index (κ2) is 6.45. The molecule has 3 N–H and O–H groups in total. The number of nitrogens with zero attached hydrogens (tertiary/aromatic N) is 1. The van der Waals surface area contributed by atoms with Gasteiger partial charge in [0, 0.05) is 11.9 Å². The SMILES string of the molecule is CC(C)Oc1ccc(NC(=O)c2cc(N)ncc2Cl)cc1. The lowest BCUT2D eigenvalue weighted by Crippen LogP contribution is -2.13. The van der Waals surface area contributed by atoms with Crippen molar-refractivity contribution in [3.8, 4) is 5.75 Å². The van der Waals surface area contributed by atoms with Crippen LogP contribution in [0.15, 0.2) is 36.5 Å². The van der Waals surface area contributed by atoms with E-state index < -0.39 is 0 Å². The Morgan fingerprint density at radius 1 is 1.33 bits per heavy atom. The lowest BCUT2D eigenvalue weighted by atomic mass is 10.2. The predicted octanol–water partition coefficient (Wildman–Crippen LogP) is 3.36. The second-order valence-corrected chi connectivity index (χ2v) is 5.14. The Hall–Kier alpha value is -2.27. The summed E-state index contributed by atoms with van der Waals surface area (Å²) < 4.78 is 5.54. The zero-order chi connectivity index (χ0) is 15.4. The normalized spacial score (nSPS) is 10.5. The molecule has 1 heterocycles. The van der Waals surface area contributed by atoms with Crippen LogP contribution >= 0.6 is 11.6 Å². The van der Waals surface area contributed by atoms with Crippen LogP contribution in [0, 0.1) is 0 Å². The number of ether oxygens (including phenoxy) is 1. The zero-order valence-electron chi connectivity index (χ0n) is 11.8. The largest absolute Gasteiger partial charge is 0.491 e. The van der Waals surface area contributed by atoms with Gasteiger partial charge in [-0.3, -0.25) is 4.79 Å². The minimum Gasteiger partial charge on any atom is -0.491 e. The molecule has 110 valence electrons. The van der Waals surface area contributed by atoms with Crippen molar-refractivity contribution in [3.05, 3.63) is 47.1 Å². The number of nitrogen functional groups attached to an aromatic ring is 1. The maximum absolute atomic E-state index is 12.1. The number of nitrogens with two attached hydrogens (primary N) is 1. The van der Waals surface area contributed by atoms with Crippen LogP contribution in [0.3, 0.4) is 0 Å². The van der Waals surface area contributed by atoms with Gasteiger partial charge in [0.1, 0.15) is 11.6 Å². The van der Waals surface area contributed by atoms with Gasteiger partial charge < -0.3 is 15.8 Å². The highest BCUT2D eigenvalue weighted by Crippen LogP contribution is 2.20. The number of pyridine rings is 1. The van der Waals surface area contributed by atoms with E-state index in [9.17, 15) is 4.79 Å². The summed E-state index contributed by atoms with van der Waals surface area (Å²) in [4.78, 5) is 16.0. The summed E-state index contributed by atoms with van der Waals surface area (Å²) in [6.07, 6.45) is 1.45. The Balaban J connectivity index is 2.10. The molecule has 0 aliphatic rings. The van der Waals surface area contributed by atoms with Crippen LogP contribution in [-0.4, -0.2) is 17.0 Å². The second-order valence-electron chi connectivity index (χ2n) is 4.73. The third kappa shape index (κ3) is 4.10. The highest BCUT2D eigenvalue weighted by atomic mass is 35.5. The molecular formula is C15H16ClN3O2. The van der Waals surface area contributed by atoms with Gasteiger partial charge in [0.15, 0.2) is 0 Å². The standard InChI is InChI=1S/C15H16ClN3O2/c1-9(2)21-11-5-3-10(4-6-11)19-15(20)12-7-14(17)18-8-13(12)16/h3-9H,1-2H3,(H2,17,18)(H,19,20). The van der Waals surface area contributed by atoms with E-state index in [-0.39, 0.29) is 28.4 Å². The smallest absolute Gasteiger partial charge is 0.257 e. The molecule has 1 aromatic carbocycles. The Kier molecular flexibility index (Phi) is 4.65. The maximum atomic E-state index is 12.1. The highest BCUT2D eigenvalue weighted by Gasteiger charge is 2.11. The predicted molar refractivity (Wildman–Crippen MR) is 83.8 cm³/mol. The summed E-state index contributed by atoms with van der Waals surface area (Å²) in [5.41, 5.74) is 6.48. The molecule has 6 heteroatoms. The number of hydrogen-bond donors (Lipinski definition) is 2. The van der Waals surface area contributed by atoms with E-state index in [1.807, 2.05) is 13.8 Å². The van der Waals surface area contributed by atoms with Crippen LogP contribution < -0.4 is 15.8 Å². The first-order valence-corrected chi connectivity index (χ1v) is 6.82. The van der Waals surface area contributed by atoms with Crippen LogP contribution in [0.1, 0.15) is 24.2 Å². The lowest BCUT2D eigenvalue weighted by Gasteiger charge is -2.11. The molecule has 0 fully saturated rings. The van der Waals surface area contributed by atoms with Crippen LogP contribution in [0.25, 0.3) is 0 Å². The van der Waals surface area contributed by atoms with Crippen LogP contribution in [0.5, 0.6) is 5.75 Å². The van der Waals surface area contributed by atoms with Crippen molar-refractivity contribution in [2.24, 2.45) is 0 Å². The molecule has 0 unspecified atom stereocenters. The van der Waals surface area contributed by atoms with Crippen LogP contribution in [0.2, 0.25) is 5.02 Å². The fourth-order valence-electron chi connectivity index (χ4n) is 1.72. The Morgan fingerprint density at radius 2 is 2.00 bits per heavy atom. The average molecular weight is 306 g/mol. The fraction of sp³-hybridized carbons (Fsp3) is 0.200. The number of rotatable bonds is 4. The molecule has 0 spiro atoms. The Labute approximate surface area is 128 Å². The zero-order valence-corrected chi connectivity index (χ0v) is 12.5. The van der Waals surface area contributed by atoms with E-state index in [2.05, 4.69) is 10.3 Å². The van der Waals surface area contributed by atoms with Crippen LogP contribution in [-0.2, 0) is 0 Å². The van der Waals surface area contributed by atoms with Crippen molar-refractivity contribution in [1.29, 1.82) is 0 Å². The van der Waals surface area contributed by atoms with Crippen molar-refractivity contribution in [1.82, 2.24) is 4.98 Å². The number of carbonyl (C=O) groups excluding carboxylic acids is 1. The van der Waals surface area contributed by atoms with Gasteiger partial charge in [0.2, 0.25) is 0 Å². The summed E-state index contributed by atoms with van der Waals surface area (Å²) >= 11 is 5.94. The van der Waals surface area contributed by atoms with E-state index >= 15 is 0 Å². The highest BCUT2D eigenvalue weighted by molar-refractivity contribution is 6.34. The number of carbonyl (C=O) groups is 1. The summed E-state index contributed by atoms with van der Waals surface area (Å²) in [5.74, 6) is 0.644. The first-order valence-electron chi connectivity index (χ1n) is 6.45. The lowest BCUT2D eigenvalue weighted by molar-refractivity contribution is 0.102. The molecule has 1 aromatic heterocycles. The van der Waals surface area contributed by atoms with E-state index in [1.54, 1.807) is 24.3 Å². The van der Waals surface area contributed by atoms with Crippen molar-refractivity contribution in [2.45, 2.75) is 20.0 Å². The molecule has 0 aliphatic carbocycles. The van der Waals surface area contributed by atoms with Gasteiger partial charge in [-0.1, -0.05) is 11.6 Å². The van der Waals surface area contributed by atoms with Gasteiger partial charge in [0.05, 0.1) is 16.7 Å². The number of hydrogen-bond acceptors (Lipinski definition) is 4. The summed E-state index contributed by atoms with van der Waals surface area (Å²) in [5, 5.41) is 3.00. The number of amides is 1. The summed E-state index contributed by atoms with van der Waals surface area (Å²) in [7, 11) is 0. The molecule has 0 saturated heterocycles. The monoisotopic (exact) mass is 305 g/mol. The molecule has 0 bridgehead atoms. The van der Waals surface area contributed by atoms with E-state index in [4.69, 9.17) is 22.1 Å². The third-order valence-electron chi connectivity index (χ3n) is 2.61. The van der Waals surface area contributed by atoms with Crippen molar-refractivity contribution in [2.75, 3.05) is 11.1 Å². The Morgan fingerprint density at radius 3 is 2.62 bits per heavy atom. The maximum Gasteiger partial charge on any atom is 0.257 e. The quantitative estimate of drug-likeness (QED) is 0.908.